The summed E-state index contributed by atoms with van der Waals surface area (Å²) < 4.78 is 9.54. The van der Waals surface area contributed by atoms with E-state index in [0.29, 0.717) is 30.2 Å². The summed E-state index contributed by atoms with van der Waals surface area (Å²) in [4.78, 5) is 15.5. The molecule has 0 aromatic carbocycles. The zero-order valence-corrected chi connectivity index (χ0v) is 10.0. The zero-order valence-electron chi connectivity index (χ0n) is 10.0. The van der Waals surface area contributed by atoms with Crippen LogP contribution in [-0.4, -0.2) is 38.3 Å². The maximum Gasteiger partial charge on any atom is 0.340 e. The van der Waals surface area contributed by atoms with E-state index in [0.717, 1.165) is 6.42 Å². The van der Waals surface area contributed by atoms with E-state index < -0.39 is 5.97 Å². The van der Waals surface area contributed by atoms with Gasteiger partial charge in [0.1, 0.15) is 5.82 Å². The fourth-order valence-corrected chi connectivity index (χ4v) is 1.33. The maximum atomic E-state index is 11.4. The molecule has 17 heavy (non-hydrogen) atoms. The number of rotatable bonds is 6. The lowest BCUT2D eigenvalue weighted by Gasteiger charge is -2.10. The average molecular weight is 239 g/mol. The average Bonchev–Trinajstić information content (AvgIpc) is 2.35. The molecule has 0 spiro atoms. The molecule has 0 radical (unpaired) electrons. The number of nitrogens with two attached hydrogens (primary N) is 1. The second-order valence-electron chi connectivity index (χ2n) is 3.39. The smallest absolute Gasteiger partial charge is 0.340 e. The van der Waals surface area contributed by atoms with Gasteiger partial charge in [-0.25, -0.2) is 9.78 Å². The Kier molecular flexibility index (Phi) is 5.22. The quantitative estimate of drug-likeness (QED) is 0.566. The van der Waals surface area contributed by atoms with Crippen LogP contribution in [0.3, 0.4) is 0 Å². The van der Waals surface area contributed by atoms with Crippen LogP contribution in [0, 0.1) is 0 Å². The van der Waals surface area contributed by atoms with E-state index in [4.69, 9.17) is 10.5 Å². The first-order valence-electron chi connectivity index (χ1n) is 5.26. The summed E-state index contributed by atoms with van der Waals surface area (Å²) in [7, 11) is 2.96. The monoisotopic (exact) mass is 239 g/mol. The number of carbonyl (C=O) groups is 1. The molecule has 0 aliphatic heterocycles. The van der Waals surface area contributed by atoms with Crippen LogP contribution in [0.2, 0.25) is 0 Å². The second kappa shape index (κ2) is 6.70. The van der Waals surface area contributed by atoms with E-state index in [1.807, 2.05) is 0 Å². The summed E-state index contributed by atoms with van der Waals surface area (Å²) in [5, 5.41) is 3.04. The Balaban J connectivity index is 2.70. The van der Waals surface area contributed by atoms with Crippen molar-refractivity contribution in [2.75, 3.05) is 38.4 Å². The van der Waals surface area contributed by atoms with Crippen molar-refractivity contribution in [3.63, 3.8) is 0 Å². The Labute approximate surface area is 100 Å². The highest BCUT2D eigenvalue weighted by atomic mass is 16.5. The van der Waals surface area contributed by atoms with Gasteiger partial charge >= 0.3 is 5.97 Å². The summed E-state index contributed by atoms with van der Waals surface area (Å²) in [6.07, 6.45) is 2.35. The van der Waals surface area contributed by atoms with Gasteiger partial charge in [0.2, 0.25) is 0 Å². The van der Waals surface area contributed by atoms with Crippen LogP contribution in [0.15, 0.2) is 12.3 Å². The third kappa shape index (κ3) is 3.60. The summed E-state index contributed by atoms with van der Waals surface area (Å²) >= 11 is 0. The molecule has 0 saturated carbocycles. The number of nitrogens with zero attached hydrogens (tertiary/aromatic N) is 1. The van der Waals surface area contributed by atoms with Crippen LogP contribution in [-0.2, 0) is 9.47 Å². The van der Waals surface area contributed by atoms with Gasteiger partial charge in [-0.2, -0.15) is 0 Å². The molecule has 0 atom stereocenters. The van der Waals surface area contributed by atoms with Gasteiger partial charge in [0.15, 0.2) is 0 Å². The molecular weight excluding hydrogens is 222 g/mol. The predicted octanol–water partition coefficient (Wildman–Crippen LogP) is 0.899. The van der Waals surface area contributed by atoms with Crippen molar-refractivity contribution in [2.24, 2.45) is 0 Å². The highest BCUT2D eigenvalue weighted by Crippen LogP contribution is 2.20. The number of anilines is 2. The number of ether oxygens (including phenoxy) is 2. The van der Waals surface area contributed by atoms with Crippen molar-refractivity contribution in [3.05, 3.63) is 17.8 Å². The van der Waals surface area contributed by atoms with Gasteiger partial charge < -0.3 is 20.5 Å². The molecule has 1 heterocycles. The van der Waals surface area contributed by atoms with Crippen molar-refractivity contribution < 1.29 is 14.3 Å². The van der Waals surface area contributed by atoms with Crippen LogP contribution in [0.25, 0.3) is 0 Å². The molecule has 1 rings (SSSR count). The van der Waals surface area contributed by atoms with Crippen LogP contribution < -0.4 is 11.1 Å². The van der Waals surface area contributed by atoms with Gasteiger partial charge in [0, 0.05) is 26.5 Å². The third-order valence-corrected chi connectivity index (χ3v) is 2.21. The minimum atomic E-state index is -0.468. The number of nitrogen functional groups attached to an aromatic ring is 1. The molecule has 0 bridgehead atoms. The van der Waals surface area contributed by atoms with Crippen molar-refractivity contribution in [3.8, 4) is 0 Å². The standard InChI is InChI=1S/C11H17N3O3/c1-16-7-3-5-13-10-9(12)8(4-6-14-10)11(15)17-2/h4,6H,3,5,7,12H2,1-2H3,(H,13,14). The molecule has 6 heteroatoms. The number of pyridine rings is 1. The van der Waals surface area contributed by atoms with Gasteiger partial charge in [-0.1, -0.05) is 0 Å². The van der Waals surface area contributed by atoms with Gasteiger partial charge in [-0.05, 0) is 12.5 Å². The summed E-state index contributed by atoms with van der Waals surface area (Å²) in [6.45, 7) is 1.33. The highest BCUT2D eigenvalue weighted by molar-refractivity contribution is 5.97. The summed E-state index contributed by atoms with van der Waals surface area (Å²) in [5.41, 5.74) is 6.44. The molecule has 0 aliphatic rings. The molecule has 0 fully saturated rings. The molecule has 0 aliphatic carbocycles. The van der Waals surface area contributed by atoms with E-state index in [-0.39, 0.29) is 0 Å². The highest BCUT2D eigenvalue weighted by Gasteiger charge is 2.13. The largest absolute Gasteiger partial charge is 0.465 e. The van der Waals surface area contributed by atoms with Crippen LogP contribution in [0.4, 0.5) is 11.5 Å². The number of carbonyl (C=O) groups excluding carboxylic acids is 1. The summed E-state index contributed by atoms with van der Waals surface area (Å²) in [5.74, 6) is 0.0221. The fraction of sp³-hybridized carbons (Fsp3) is 0.455. The SMILES string of the molecule is COCCCNc1nccc(C(=O)OC)c1N. The first-order chi connectivity index (χ1) is 8.20. The first-order valence-corrected chi connectivity index (χ1v) is 5.26. The Bertz CT molecular complexity index is 382. The molecule has 94 valence electrons. The Hall–Kier alpha value is -1.82. The molecule has 6 nitrogen and oxygen atoms in total. The molecule has 0 unspecified atom stereocenters. The lowest BCUT2D eigenvalue weighted by atomic mass is 10.2. The second-order valence-corrected chi connectivity index (χ2v) is 3.39. The molecular formula is C11H17N3O3. The minimum Gasteiger partial charge on any atom is -0.465 e. The molecule has 3 N–H and O–H groups in total. The summed E-state index contributed by atoms with van der Waals surface area (Å²) in [6, 6.07) is 1.53. The van der Waals surface area contributed by atoms with Crippen molar-refractivity contribution >= 4 is 17.5 Å². The van der Waals surface area contributed by atoms with Gasteiger partial charge in [-0.15, -0.1) is 0 Å². The maximum absolute atomic E-state index is 11.4. The first kappa shape index (κ1) is 13.2. The predicted molar refractivity (Wildman–Crippen MR) is 65.0 cm³/mol. The number of hydrogen-bond acceptors (Lipinski definition) is 6. The third-order valence-electron chi connectivity index (χ3n) is 2.21. The van der Waals surface area contributed by atoms with Crippen molar-refractivity contribution in [1.82, 2.24) is 4.98 Å². The van der Waals surface area contributed by atoms with Gasteiger partial charge in [-0.3, -0.25) is 0 Å². The fourth-order valence-electron chi connectivity index (χ4n) is 1.33. The van der Waals surface area contributed by atoms with Gasteiger partial charge in [0.25, 0.3) is 0 Å². The lowest BCUT2D eigenvalue weighted by molar-refractivity contribution is 0.0602. The molecule has 0 saturated heterocycles. The van der Waals surface area contributed by atoms with Crippen LogP contribution in [0.1, 0.15) is 16.8 Å². The lowest BCUT2D eigenvalue weighted by Crippen LogP contribution is -2.12. The van der Waals surface area contributed by atoms with E-state index >= 15 is 0 Å². The van der Waals surface area contributed by atoms with Crippen molar-refractivity contribution in [1.29, 1.82) is 0 Å². The Morgan fingerprint density at radius 2 is 2.29 bits per heavy atom. The Morgan fingerprint density at radius 1 is 1.53 bits per heavy atom. The molecule has 0 amide bonds. The van der Waals surface area contributed by atoms with E-state index in [1.165, 1.54) is 19.4 Å². The van der Waals surface area contributed by atoms with E-state index in [2.05, 4.69) is 15.0 Å². The number of hydrogen-bond donors (Lipinski definition) is 2. The molecule has 1 aromatic heterocycles. The number of methoxy groups -OCH3 is 2. The Morgan fingerprint density at radius 3 is 2.94 bits per heavy atom. The normalized spacial score (nSPS) is 10.0. The van der Waals surface area contributed by atoms with Crippen molar-refractivity contribution in [2.45, 2.75) is 6.42 Å². The number of nitrogens with one attached hydrogen (secondary N) is 1. The number of aromatic nitrogens is 1. The molecule has 1 aromatic rings. The van der Waals surface area contributed by atoms with E-state index in [1.54, 1.807) is 7.11 Å². The van der Waals surface area contributed by atoms with Crippen LogP contribution in [0.5, 0.6) is 0 Å². The minimum absolute atomic E-state index is 0.303. The van der Waals surface area contributed by atoms with Crippen LogP contribution >= 0.6 is 0 Å². The van der Waals surface area contributed by atoms with E-state index in [9.17, 15) is 4.79 Å². The number of esters is 1. The van der Waals surface area contributed by atoms with Gasteiger partial charge in [0.05, 0.1) is 18.4 Å². The topological polar surface area (TPSA) is 86.5 Å². The zero-order chi connectivity index (χ0) is 12.7.